The molecule has 0 spiro atoms. The Labute approximate surface area is 479 Å². The molecule has 0 aliphatic heterocycles. The summed E-state index contributed by atoms with van der Waals surface area (Å²) in [4.78, 5) is 48.1. The Hall–Kier alpha value is -10.1. The minimum Gasteiger partial charge on any atom is -0.507 e. The Kier molecular flexibility index (Phi) is 20.4. The average Bonchev–Trinajstić information content (AvgIpc) is 3.47. The van der Waals surface area contributed by atoms with Crippen LogP contribution >= 0.6 is 11.8 Å². The summed E-state index contributed by atoms with van der Waals surface area (Å²) in [7, 11) is 0. The SMILES string of the molecule is Cc1cc(/C=C/c2ccc(C(=O)Oc3ccc(F)cc3)cc2)cc(C)c1O.Cc1cc(/C=C/c2ccc(C(=O)Oc3ccccc3[N+](=O)[O-])cc2)cc(C)c1O.Cc1cc(/C=C/c2ccc(C(=O)Sc3ccccc3)cc2)cc(C)c1O. The molecule has 0 saturated carbocycles. The van der Waals surface area contributed by atoms with Gasteiger partial charge in [-0.05, 0) is 235 Å². The summed E-state index contributed by atoms with van der Waals surface area (Å²) in [6.45, 7) is 11.2. The Morgan fingerprint density at radius 3 is 1.17 bits per heavy atom. The highest BCUT2D eigenvalue weighted by Gasteiger charge is 2.18. The van der Waals surface area contributed by atoms with E-state index in [0.29, 0.717) is 34.1 Å². The maximum atomic E-state index is 12.9. The fraction of sp³-hybridized carbons (Fsp3) is 0.0870. The van der Waals surface area contributed by atoms with Crippen molar-refractivity contribution in [3.63, 3.8) is 0 Å². The van der Waals surface area contributed by atoms with Crippen molar-refractivity contribution in [3.05, 3.63) is 287 Å². The molecule has 0 aliphatic rings. The topological polar surface area (TPSA) is 173 Å². The quantitative estimate of drug-likeness (QED) is 0.0250. The smallest absolute Gasteiger partial charge is 0.343 e. The van der Waals surface area contributed by atoms with E-state index in [1.165, 1.54) is 54.2 Å². The van der Waals surface area contributed by atoms with Crippen molar-refractivity contribution in [2.75, 3.05) is 0 Å². The van der Waals surface area contributed by atoms with Gasteiger partial charge in [-0.2, -0.15) is 0 Å². The maximum absolute atomic E-state index is 12.9. The van der Waals surface area contributed by atoms with Gasteiger partial charge in [-0.3, -0.25) is 14.9 Å². The molecule has 0 bridgehead atoms. The molecule has 0 atom stereocenters. The van der Waals surface area contributed by atoms with Crippen molar-refractivity contribution in [3.8, 4) is 28.7 Å². The third-order valence-corrected chi connectivity index (χ3v) is 13.6. The standard InChI is InChI=1S/C23H19FO3.C23H19NO5.C23H20O2S/c1-15-13-18(14-16(2)22(15)25)4-3-17-5-7-19(8-6-17)23(26)27-21-11-9-20(24)10-12-21;1-15-13-18(14-16(2)22(15)25)8-7-17-9-11-19(12-10-17)23(26)29-21-6-4-3-5-20(21)24(27)28;1-16-14-19(15-17(2)22(16)24)9-8-18-10-12-20(13-11-18)23(25)26-21-6-4-3-5-7-21/h3-14,25H,1-2H3;3-14,25H,1-2H3;3-15,24H,1-2H3/b4-3+;8-7+;9-8+. The molecule has 9 aromatic carbocycles. The van der Waals surface area contributed by atoms with Crippen LogP contribution in [-0.4, -0.2) is 37.3 Å². The fourth-order valence-corrected chi connectivity index (χ4v) is 8.96. The van der Waals surface area contributed by atoms with Crippen LogP contribution in [0.1, 0.15) is 97.8 Å². The van der Waals surface area contributed by atoms with E-state index in [2.05, 4.69) is 0 Å². The largest absolute Gasteiger partial charge is 0.507 e. The minimum atomic E-state index is -0.667. The molecule has 0 amide bonds. The van der Waals surface area contributed by atoms with Crippen LogP contribution in [0.3, 0.4) is 0 Å². The lowest BCUT2D eigenvalue weighted by Gasteiger charge is -2.06. The van der Waals surface area contributed by atoms with E-state index in [-0.39, 0.29) is 27.9 Å². The van der Waals surface area contributed by atoms with Gasteiger partial charge >= 0.3 is 17.6 Å². The predicted molar refractivity (Wildman–Crippen MR) is 325 cm³/mol. The molecule has 0 saturated heterocycles. The number of hydrogen-bond acceptors (Lipinski definition) is 11. The molecule has 0 radical (unpaired) electrons. The van der Waals surface area contributed by atoms with Gasteiger partial charge in [0.05, 0.1) is 16.1 Å². The van der Waals surface area contributed by atoms with Gasteiger partial charge in [-0.15, -0.1) is 0 Å². The Morgan fingerprint density at radius 1 is 0.439 bits per heavy atom. The molecule has 0 unspecified atom stereocenters. The summed E-state index contributed by atoms with van der Waals surface area (Å²) in [5.74, 6) is -0.389. The fourth-order valence-electron chi connectivity index (χ4n) is 8.20. The van der Waals surface area contributed by atoms with E-state index in [0.717, 1.165) is 71.7 Å². The van der Waals surface area contributed by atoms with Gasteiger partial charge in [0.1, 0.15) is 28.8 Å². The highest BCUT2D eigenvalue weighted by atomic mass is 32.2. The second-order valence-electron chi connectivity index (χ2n) is 19.0. The number of aromatic hydroxyl groups is 3. The first-order valence-corrected chi connectivity index (χ1v) is 26.6. The van der Waals surface area contributed by atoms with Crippen molar-refractivity contribution in [1.82, 2.24) is 0 Å². The number of halogens is 1. The summed E-state index contributed by atoms with van der Waals surface area (Å²) >= 11 is 1.24. The van der Waals surface area contributed by atoms with Gasteiger partial charge in [0, 0.05) is 16.5 Å². The molecule has 0 heterocycles. The number of carbonyl (C=O) groups excluding carboxylic acids is 3. The van der Waals surface area contributed by atoms with Crippen molar-refractivity contribution < 1.29 is 48.5 Å². The number of nitro benzene ring substituents is 1. The number of para-hydroxylation sites is 2. The van der Waals surface area contributed by atoms with Crippen LogP contribution in [-0.2, 0) is 0 Å². The van der Waals surface area contributed by atoms with E-state index >= 15 is 0 Å². The minimum absolute atomic E-state index is 0.0384. The lowest BCUT2D eigenvalue weighted by Crippen LogP contribution is -2.09. The number of ether oxygens (including phenoxy) is 2. The number of benzene rings is 9. The van der Waals surface area contributed by atoms with E-state index in [9.17, 15) is 44.2 Å². The number of aryl methyl sites for hydroxylation is 6. The predicted octanol–water partition coefficient (Wildman–Crippen LogP) is 17.0. The van der Waals surface area contributed by atoms with Gasteiger partial charge in [-0.1, -0.05) is 103 Å². The van der Waals surface area contributed by atoms with Crippen molar-refractivity contribution in [1.29, 1.82) is 0 Å². The lowest BCUT2D eigenvalue weighted by molar-refractivity contribution is -0.385. The highest BCUT2D eigenvalue weighted by Crippen LogP contribution is 2.30. The monoisotopic (exact) mass is 1110 g/mol. The van der Waals surface area contributed by atoms with Crippen molar-refractivity contribution in [2.24, 2.45) is 0 Å². The number of hydrogen-bond donors (Lipinski definition) is 3. The Bertz CT molecular complexity index is 3770. The van der Waals surface area contributed by atoms with E-state index in [1.54, 1.807) is 42.5 Å². The number of nitro groups is 1. The lowest BCUT2D eigenvalue weighted by atomic mass is 10.0. The normalized spacial score (nSPS) is 10.9. The molecule has 412 valence electrons. The zero-order chi connectivity index (χ0) is 58.9. The Morgan fingerprint density at radius 2 is 0.780 bits per heavy atom. The number of carbonyl (C=O) groups is 3. The van der Waals surface area contributed by atoms with Crippen LogP contribution < -0.4 is 9.47 Å². The number of rotatable bonds is 13. The molecular formula is C69H58FNO10S. The number of nitrogens with zero attached hydrogens (tertiary/aromatic N) is 1. The molecule has 3 N–H and O–H groups in total. The van der Waals surface area contributed by atoms with Gasteiger partial charge in [0.25, 0.3) is 0 Å². The number of esters is 2. The van der Waals surface area contributed by atoms with E-state index in [4.69, 9.17) is 9.47 Å². The van der Waals surface area contributed by atoms with Gasteiger partial charge < -0.3 is 24.8 Å². The summed E-state index contributed by atoms with van der Waals surface area (Å²) in [6, 6.07) is 53.5. The molecule has 11 nitrogen and oxygen atoms in total. The first-order chi connectivity index (χ1) is 39.3. The van der Waals surface area contributed by atoms with Crippen LogP contribution in [0.25, 0.3) is 36.5 Å². The third kappa shape index (κ3) is 16.9. The molecule has 82 heavy (non-hydrogen) atoms. The summed E-state index contributed by atoms with van der Waals surface area (Å²) < 4.78 is 23.3. The second-order valence-corrected chi connectivity index (χ2v) is 20.1. The van der Waals surface area contributed by atoms with E-state index in [1.807, 2.05) is 181 Å². The van der Waals surface area contributed by atoms with Crippen LogP contribution in [0.4, 0.5) is 10.1 Å². The number of phenols is 3. The van der Waals surface area contributed by atoms with Crippen LogP contribution in [0.5, 0.6) is 28.7 Å². The second kappa shape index (κ2) is 28.2. The van der Waals surface area contributed by atoms with E-state index < -0.39 is 16.9 Å². The molecule has 0 aliphatic carbocycles. The molecule has 9 aromatic rings. The first-order valence-electron chi connectivity index (χ1n) is 25.8. The van der Waals surface area contributed by atoms with Gasteiger partial charge in [0.15, 0.2) is 0 Å². The average molecular weight is 1110 g/mol. The molecule has 0 fully saturated rings. The number of thioether (sulfide) groups is 1. The van der Waals surface area contributed by atoms with Crippen molar-refractivity contribution in [2.45, 2.75) is 46.4 Å². The zero-order valence-corrected chi connectivity index (χ0v) is 46.6. The molecule has 13 heteroatoms. The molecule has 0 aromatic heterocycles. The zero-order valence-electron chi connectivity index (χ0n) is 45.8. The molecular weight excluding hydrogens is 1050 g/mol. The maximum Gasteiger partial charge on any atom is 0.343 e. The molecule has 9 rings (SSSR count). The van der Waals surface area contributed by atoms with Crippen LogP contribution in [0.2, 0.25) is 0 Å². The Balaban J connectivity index is 0.000000177. The number of phenolic OH excluding ortho intramolecular Hbond substituents is 3. The van der Waals surface area contributed by atoms with Crippen molar-refractivity contribution >= 4 is 71.0 Å². The highest BCUT2D eigenvalue weighted by molar-refractivity contribution is 8.14. The van der Waals surface area contributed by atoms with Gasteiger partial charge in [0.2, 0.25) is 10.9 Å². The summed E-state index contributed by atoms with van der Waals surface area (Å²) in [5, 5.41) is 40.6. The summed E-state index contributed by atoms with van der Waals surface area (Å²) in [5.41, 5.74) is 11.9. The van der Waals surface area contributed by atoms with Crippen LogP contribution in [0.15, 0.2) is 193 Å². The summed E-state index contributed by atoms with van der Waals surface area (Å²) in [6.07, 6.45) is 11.7. The first kappa shape index (κ1) is 59.5. The van der Waals surface area contributed by atoms with Gasteiger partial charge in [-0.25, -0.2) is 14.0 Å². The van der Waals surface area contributed by atoms with Crippen LogP contribution in [0, 0.1) is 57.5 Å². The third-order valence-electron chi connectivity index (χ3n) is 12.6.